The zero-order valence-corrected chi connectivity index (χ0v) is 21.6. The van der Waals surface area contributed by atoms with E-state index >= 15 is 0 Å². The van der Waals surface area contributed by atoms with Gasteiger partial charge in [-0.25, -0.2) is 8.42 Å². The first-order valence-corrected chi connectivity index (χ1v) is 13.9. The molecule has 1 fully saturated rings. The molecule has 5 nitrogen and oxygen atoms in total. The third-order valence-electron chi connectivity index (χ3n) is 7.58. The van der Waals surface area contributed by atoms with Crippen molar-refractivity contribution in [2.75, 3.05) is 4.90 Å². The lowest BCUT2D eigenvalue weighted by atomic mass is 9.95. The van der Waals surface area contributed by atoms with Crippen LogP contribution in [0, 0.1) is 0 Å². The normalized spacial score (nSPS) is 20.8. The number of hydrogen-bond acceptors (Lipinski definition) is 4. The van der Waals surface area contributed by atoms with Gasteiger partial charge in [-0.1, -0.05) is 60.7 Å². The first-order chi connectivity index (χ1) is 17.3. The predicted molar refractivity (Wildman–Crippen MR) is 144 cm³/mol. The molecule has 0 amide bonds. The van der Waals surface area contributed by atoms with Gasteiger partial charge < -0.3 is 14.2 Å². The summed E-state index contributed by atoms with van der Waals surface area (Å²) in [7, 11) is -3.67. The van der Waals surface area contributed by atoms with Gasteiger partial charge >= 0.3 is 0 Å². The molecule has 1 saturated heterocycles. The maximum atomic E-state index is 13.7. The Bertz CT molecular complexity index is 1590. The minimum atomic E-state index is -3.67. The number of nitrogens with zero attached hydrogens (tertiary/aromatic N) is 2. The van der Waals surface area contributed by atoms with E-state index < -0.39 is 15.4 Å². The van der Waals surface area contributed by atoms with Gasteiger partial charge in [0.15, 0.2) is 0 Å². The second kappa shape index (κ2) is 8.36. The van der Waals surface area contributed by atoms with E-state index in [1.165, 1.54) is 10.9 Å². The second-order valence-corrected chi connectivity index (χ2v) is 12.0. The summed E-state index contributed by atoms with van der Waals surface area (Å²) in [6.45, 7) is 7.33. The van der Waals surface area contributed by atoms with Gasteiger partial charge in [-0.2, -0.15) is 0 Å². The molecule has 6 rings (SSSR count). The van der Waals surface area contributed by atoms with Gasteiger partial charge in [0.25, 0.3) is 0 Å². The summed E-state index contributed by atoms with van der Waals surface area (Å²) in [5.74, 6) is 0. The zero-order valence-electron chi connectivity index (χ0n) is 20.8. The average molecular weight is 499 g/mol. The second-order valence-electron chi connectivity index (χ2n) is 10.1. The molecule has 3 aromatic carbocycles. The number of sulfone groups is 1. The van der Waals surface area contributed by atoms with Gasteiger partial charge in [0.2, 0.25) is 9.84 Å². The van der Waals surface area contributed by atoms with E-state index in [0.29, 0.717) is 16.2 Å². The molecule has 0 N–H and O–H groups in total. The van der Waals surface area contributed by atoms with Gasteiger partial charge in [0, 0.05) is 30.1 Å². The van der Waals surface area contributed by atoms with Crippen LogP contribution in [0.25, 0.3) is 17.0 Å². The summed E-state index contributed by atoms with van der Waals surface area (Å²) in [6, 6.07) is 22.7. The van der Waals surface area contributed by atoms with Crippen molar-refractivity contribution in [1.82, 2.24) is 4.57 Å². The molecule has 0 radical (unpaired) electrons. The van der Waals surface area contributed by atoms with Crippen LogP contribution in [0.5, 0.6) is 0 Å². The SMILES string of the molecule is CCn1cc(C=CC2OC3Cc4cccc(S(=O)(=O)c5ccccc5)c4N3C2(C)C)c2ccccc21. The number of anilines is 1. The van der Waals surface area contributed by atoms with E-state index in [2.05, 4.69) is 72.9 Å². The first kappa shape index (κ1) is 23.1. The van der Waals surface area contributed by atoms with Crippen molar-refractivity contribution in [3.63, 3.8) is 0 Å². The number of fused-ring (bicyclic) bond motifs is 4. The summed E-state index contributed by atoms with van der Waals surface area (Å²) in [6.07, 6.45) is 6.74. The lowest BCUT2D eigenvalue weighted by Gasteiger charge is -2.35. The first-order valence-electron chi connectivity index (χ1n) is 12.5. The third-order valence-corrected chi connectivity index (χ3v) is 9.38. The molecular formula is C30H30N2O3S. The molecule has 2 unspecified atom stereocenters. The minimum absolute atomic E-state index is 0.188. The smallest absolute Gasteiger partial charge is 0.208 e. The molecule has 1 aromatic heterocycles. The summed E-state index contributed by atoms with van der Waals surface area (Å²) in [5.41, 5.74) is 3.73. The Morgan fingerprint density at radius 1 is 1.00 bits per heavy atom. The molecule has 36 heavy (non-hydrogen) atoms. The minimum Gasteiger partial charge on any atom is -0.348 e. The van der Waals surface area contributed by atoms with E-state index in [9.17, 15) is 8.42 Å². The van der Waals surface area contributed by atoms with Gasteiger partial charge in [0.1, 0.15) is 12.3 Å². The maximum absolute atomic E-state index is 13.7. The number of aryl methyl sites for hydroxylation is 1. The summed E-state index contributed by atoms with van der Waals surface area (Å²) in [4.78, 5) is 2.84. The van der Waals surface area contributed by atoms with Crippen LogP contribution in [0.15, 0.2) is 94.9 Å². The highest BCUT2D eigenvalue weighted by atomic mass is 32.2. The lowest BCUT2D eigenvalue weighted by Crippen LogP contribution is -2.46. The van der Waals surface area contributed by atoms with Crippen LogP contribution in [0.3, 0.4) is 0 Å². The number of rotatable bonds is 5. The van der Waals surface area contributed by atoms with Crippen LogP contribution in [0.4, 0.5) is 5.69 Å². The Morgan fingerprint density at radius 2 is 1.75 bits per heavy atom. The van der Waals surface area contributed by atoms with Crippen LogP contribution in [-0.4, -0.2) is 30.9 Å². The van der Waals surface area contributed by atoms with Crippen molar-refractivity contribution in [1.29, 1.82) is 0 Å². The molecule has 2 aliphatic rings. The molecule has 2 aliphatic heterocycles. The molecule has 0 bridgehead atoms. The van der Waals surface area contributed by atoms with Crippen LogP contribution < -0.4 is 4.90 Å². The molecule has 0 spiro atoms. The van der Waals surface area contributed by atoms with Crippen LogP contribution in [0.2, 0.25) is 0 Å². The number of para-hydroxylation sites is 2. The largest absolute Gasteiger partial charge is 0.348 e. The van der Waals surface area contributed by atoms with Crippen LogP contribution in [-0.2, 0) is 27.5 Å². The van der Waals surface area contributed by atoms with E-state index in [1.54, 1.807) is 30.3 Å². The molecule has 0 aliphatic carbocycles. The highest BCUT2D eigenvalue weighted by Gasteiger charge is 2.52. The Labute approximate surface area is 212 Å². The lowest BCUT2D eigenvalue weighted by molar-refractivity contribution is 0.0652. The molecule has 184 valence electrons. The van der Waals surface area contributed by atoms with Gasteiger partial charge in [-0.05, 0) is 56.2 Å². The van der Waals surface area contributed by atoms with E-state index in [-0.39, 0.29) is 12.3 Å². The predicted octanol–water partition coefficient (Wildman–Crippen LogP) is 6.07. The van der Waals surface area contributed by atoms with Gasteiger partial charge in [-0.3, -0.25) is 0 Å². The number of hydrogen-bond donors (Lipinski definition) is 0. The summed E-state index contributed by atoms with van der Waals surface area (Å²) in [5, 5.41) is 1.22. The highest BCUT2D eigenvalue weighted by molar-refractivity contribution is 7.91. The molecule has 3 heterocycles. The van der Waals surface area contributed by atoms with Crippen molar-refractivity contribution in [2.24, 2.45) is 0 Å². The Balaban J connectivity index is 1.38. The van der Waals surface area contributed by atoms with Crippen molar-refractivity contribution < 1.29 is 13.2 Å². The monoisotopic (exact) mass is 498 g/mol. The Morgan fingerprint density at radius 3 is 2.53 bits per heavy atom. The van der Waals surface area contributed by atoms with Crippen molar-refractivity contribution in [2.45, 2.75) is 61.4 Å². The quantitative estimate of drug-likeness (QED) is 0.335. The average Bonchev–Trinajstić information content (AvgIpc) is 3.52. The zero-order chi connectivity index (χ0) is 25.1. The molecule has 2 atom stereocenters. The Kier molecular flexibility index (Phi) is 5.36. The van der Waals surface area contributed by atoms with Crippen LogP contribution >= 0.6 is 0 Å². The number of ether oxygens (including phenoxy) is 1. The number of benzene rings is 3. The van der Waals surface area contributed by atoms with E-state index in [4.69, 9.17) is 4.74 Å². The van der Waals surface area contributed by atoms with E-state index in [0.717, 1.165) is 23.4 Å². The third kappa shape index (κ3) is 3.43. The van der Waals surface area contributed by atoms with Crippen LogP contribution in [0.1, 0.15) is 31.9 Å². The topological polar surface area (TPSA) is 51.5 Å². The fourth-order valence-electron chi connectivity index (χ4n) is 5.76. The molecule has 0 saturated carbocycles. The van der Waals surface area contributed by atoms with E-state index in [1.807, 2.05) is 18.2 Å². The fraction of sp³-hybridized carbons (Fsp3) is 0.267. The molecule has 6 heteroatoms. The summed E-state index contributed by atoms with van der Waals surface area (Å²) < 4.78 is 36.1. The summed E-state index contributed by atoms with van der Waals surface area (Å²) >= 11 is 0. The molecular weight excluding hydrogens is 468 g/mol. The van der Waals surface area contributed by atoms with Crippen molar-refractivity contribution in [3.05, 3.63) is 96.2 Å². The number of aromatic nitrogens is 1. The highest BCUT2D eigenvalue weighted by Crippen LogP contribution is 2.49. The Hall–Kier alpha value is -3.35. The molecule has 4 aromatic rings. The van der Waals surface area contributed by atoms with Gasteiger partial charge in [0.05, 0.1) is 21.0 Å². The maximum Gasteiger partial charge on any atom is 0.208 e. The fourth-order valence-corrected chi connectivity index (χ4v) is 7.27. The van der Waals surface area contributed by atoms with Crippen molar-refractivity contribution >= 4 is 32.5 Å². The standard InChI is InChI=1S/C30H30N2O3S/c1-4-31-20-22(24-14-8-9-15-25(24)31)17-18-27-30(2,3)32-28(35-27)19-21-11-10-16-26(29(21)32)36(33,34)23-12-6-5-7-13-23/h5-18,20,27-28H,4,19H2,1-3H3. The van der Waals surface area contributed by atoms with Crippen molar-refractivity contribution in [3.8, 4) is 0 Å². The van der Waals surface area contributed by atoms with Gasteiger partial charge in [-0.15, -0.1) is 0 Å².